The Morgan fingerprint density at radius 1 is 1.42 bits per heavy atom. The molecule has 0 saturated carbocycles. The number of allylic oxidation sites excluding steroid dienone is 2. The van der Waals surface area contributed by atoms with Gasteiger partial charge in [0.2, 0.25) is 0 Å². The minimum Gasteiger partial charge on any atom is -0.461 e. The standard InChI is InChI=1S/C13H15NO3.C2H6/c1-3-17-13(16)12-9-6-4-5-7-10(15)11(9)8(2)14-12;1-2/h5,7,14H,3-4,6H2,1-2H3;1-2H3. The number of hydrogen-bond acceptors (Lipinski definition) is 3. The molecule has 0 aromatic carbocycles. The zero-order valence-corrected chi connectivity index (χ0v) is 12.0. The van der Waals surface area contributed by atoms with Crippen LogP contribution in [0.2, 0.25) is 0 Å². The van der Waals surface area contributed by atoms with Gasteiger partial charge in [0.05, 0.1) is 6.61 Å². The second kappa shape index (κ2) is 6.92. The number of fused-ring (bicyclic) bond motifs is 1. The molecule has 4 heteroatoms. The van der Waals surface area contributed by atoms with Crippen molar-refractivity contribution >= 4 is 11.8 Å². The quantitative estimate of drug-likeness (QED) is 0.833. The maximum Gasteiger partial charge on any atom is 0.355 e. The van der Waals surface area contributed by atoms with Gasteiger partial charge < -0.3 is 9.72 Å². The fourth-order valence-corrected chi connectivity index (χ4v) is 2.14. The molecule has 0 spiro atoms. The molecule has 0 unspecified atom stereocenters. The molecule has 4 nitrogen and oxygen atoms in total. The van der Waals surface area contributed by atoms with E-state index < -0.39 is 0 Å². The van der Waals surface area contributed by atoms with E-state index in [1.807, 2.05) is 19.9 Å². The third kappa shape index (κ3) is 3.13. The number of aromatic nitrogens is 1. The second-order valence-electron chi connectivity index (χ2n) is 4.00. The highest BCUT2D eigenvalue weighted by molar-refractivity contribution is 6.09. The van der Waals surface area contributed by atoms with Crippen LogP contribution in [0.3, 0.4) is 0 Å². The van der Waals surface area contributed by atoms with Crippen LogP contribution in [0, 0.1) is 6.92 Å². The zero-order valence-electron chi connectivity index (χ0n) is 12.0. The minimum atomic E-state index is -0.383. The smallest absolute Gasteiger partial charge is 0.355 e. The topological polar surface area (TPSA) is 59.2 Å². The van der Waals surface area contributed by atoms with Crippen LogP contribution in [0.1, 0.15) is 59.3 Å². The van der Waals surface area contributed by atoms with Gasteiger partial charge in [-0.3, -0.25) is 4.79 Å². The molecule has 0 fully saturated rings. The lowest BCUT2D eigenvalue weighted by Gasteiger charge is -2.03. The van der Waals surface area contributed by atoms with Crippen LogP contribution in [-0.4, -0.2) is 23.3 Å². The Hall–Kier alpha value is -1.84. The molecule has 1 aromatic heterocycles. The number of nitrogens with one attached hydrogen (secondary N) is 1. The molecule has 1 aliphatic rings. The number of hydrogen-bond donors (Lipinski definition) is 1. The van der Waals surface area contributed by atoms with Gasteiger partial charge in [0.15, 0.2) is 5.78 Å². The van der Waals surface area contributed by atoms with E-state index in [0.717, 1.165) is 17.7 Å². The van der Waals surface area contributed by atoms with Gasteiger partial charge in [0.1, 0.15) is 5.69 Å². The summed E-state index contributed by atoms with van der Waals surface area (Å²) in [5.41, 5.74) is 2.58. The summed E-state index contributed by atoms with van der Waals surface area (Å²) in [4.78, 5) is 26.6. The summed E-state index contributed by atoms with van der Waals surface area (Å²) in [6, 6.07) is 0. The average molecular weight is 263 g/mol. The first-order chi connectivity index (χ1) is 9.15. The predicted octanol–water partition coefficient (Wildman–Crippen LogP) is 3.21. The fraction of sp³-hybridized carbons (Fsp3) is 0.467. The van der Waals surface area contributed by atoms with Gasteiger partial charge >= 0.3 is 5.97 Å². The first kappa shape index (κ1) is 15.2. The van der Waals surface area contributed by atoms with Gasteiger partial charge in [-0.1, -0.05) is 19.9 Å². The fourth-order valence-electron chi connectivity index (χ4n) is 2.14. The first-order valence-corrected chi connectivity index (χ1v) is 6.74. The van der Waals surface area contributed by atoms with E-state index in [-0.39, 0.29) is 11.8 Å². The SMILES string of the molecule is CC.CCOC(=O)c1[nH]c(C)c2c1CCC=CC2=O. The van der Waals surface area contributed by atoms with E-state index in [1.54, 1.807) is 19.9 Å². The van der Waals surface area contributed by atoms with Gasteiger partial charge in [-0.05, 0) is 38.3 Å². The number of ether oxygens (including phenoxy) is 1. The number of carbonyl (C=O) groups excluding carboxylic acids is 2. The second-order valence-corrected chi connectivity index (χ2v) is 4.00. The predicted molar refractivity (Wildman–Crippen MR) is 74.6 cm³/mol. The summed E-state index contributed by atoms with van der Waals surface area (Å²) >= 11 is 0. The largest absolute Gasteiger partial charge is 0.461 e. The lowest BCUT2D eigenvalue weighted by molar-refractivity contribution is 0.0519. The van der Waals surface area contributed by atoms with Crippen molar-refractivity contribution in [2.75, 3.05) is 6.61 Å². The molecule has 104 valence electrons. The maximum absolute atomic E-state index is 11.9. The van der Waals surface area contributed by atoms with Crippen LogP contribution in [0.5, 0.6) is 0 Å². The Morgan fingerprint density at radius 3 is 2.74 bits per heavy atom. The van der Waals surface area contributed by atoms with Crippen LogP contribution in [0.15, 0.2) is 12.2 Å². The van der Waals surface area contributed by atoms with Crippen molar-refractivity contribution in [2.45, 2.75) is 40.5 Å². The molecule has 1 aromatic rings. The van der Waals surface area contributed by atoms with E-state index in [1.165, 1.54) is 0 Å². The summed E-state index contributed by atoms with van der Waals surface area (Å²) < 4.78 is 4.98. The Kier molecular flexibility index (Phi) is 5.55. The summed E-state index contributed by atoms with van der Waals surface area (Å²) in [5, 5.41) is 0. The van der Waals surface area contributed by atoms with Crippen molar-refractivity contribution in [1.82, 2.24) is 4.98 Å². The highest BCUT2D eigenvalue weighted by Gasteiger charge is 2.24. The molecule has 19 heavy (non-hydrogen) atoms. The Labute approximate surface area is 113 Å². The highest BCUT2D eigenvalue weighted by Crippen LogP contribution is 2.24. The number of carbonyl (C=O) groups is 2. The van der Waals surface area contributed by atoms with Gasteiger partial charge in [0.25, 0.3) is 0 Å². The van der Waals surface area contributed by atoms with E-state index in [4.69, 9.17) is 4.74 Å². The van der Waals surface area contributed by atoms with Gasteiger partial charge in [-0.25, -0.2) is 4.79 Å². The zero-order chi connectivity index (χ0) is 14.4. The number of rotatable bonds is 2. The van der Waals surface area contributed by atoms with E-state index in [2.05, 4.69) is 4.98 Å². The molecule has 0 amide bonds. The van der Waals surface area contributed by atoms with Crippen LogP contribution < -0.4 is 0 Å². The third-order valence-electron chi connectivity index (χ3n) is 2.85. The molecular weight excluding hydrogens is 242 g/mol. The summed E-state index contributed by atoms with van der Waals surface area (Å²) in [6.07, 6.45) is 4.87. The Morgan fingerprint density at radius 2 is 2.11 bits per heavy atom. The van der Waals surface area contributed by atoms with Crippen LogP contribution in [-0.2, 0) is 11.2 Å². The van der Waals surface area contributed by atoms with E-state index >= 15 is 0 Å². The number of esters is 1. The normalized spacial score (nSPS) is 13.2. The molecule has 0 atom stereocenters. The maximum atomic E-state index is 11.9. The van der Waals surface area contributed by atoms with Crippen molar-refractivity contribution < 1.29 is 14.3 Å². The molecule has 0 aliphatic heterocycles. The molecule has 0 bridgehead atoms. The van der Waals surface area contributed by atoms with Crippen molar-refractivity contribution in [3.63, 3.8) is 0 Å². The van der Waals surface area contributed by atoms with Gasteiger partial charge in [-0.15, -0.1) is 0 Å². The Bertz CT molecular complexity index is 498. The molecule has 1 aliphatic carbocycles. The van der Waals surface area contributed by atoms with Gasteiger partial charge in [-0.2, -0.15) is 0 Å². The lowest BCUT2D eigenvalue weighted by Crippen LogP contribution is -2.08. The summed E-state index contributed by atoms with van der Waals surface area (Å²) in [5.74, 6) is -0.423. The number of H-pyrrole nitrogens is 1. The number of aromatic amines is 1. The minimum absolute atomic E-state index is 0.0400. The van der Waals surface area contributed by atoms with Gasteiger partial charge in [0, 0.05) is 11.3 Å². The van der Waals surface area contributed by atoms with Crippen LogP contribution >= 0.6 is 0 Å². The Balaban J connectivity index is 0.000000861. The lowest BCUT2D eigenvalue weighted by atomic mass is 10.0. The van der Waals surface area contributed by atoms with Crippen molar-refractivity contribution in [2.24, 2.45) is 0 Å². The van der Waals surface area contributed by atoms with E-state index in [9.17, 15) is 9.59 Å². The molecule has 2 rings (SSSR count). The summed E-state index contributed by atoms with van der Waals surface area (Å²) in [6.45, 7) is 7.90. The summed E-state index contributed by atoms with van der Waals surface area (Å²) in [7, 11) is 0. The molecular formula is C15H21NO3. The van der Waals surface area contributed by atoms with Crippen LogP contribution in [0.4, 0.5) is 0 Å². The van der Waals surface area contributed by atoms with Crippen molar-refractivity contribution in [3.05, 3.63) is 34.7 Å². The number of aryl methyl sites for hydroxylation is 1. The molecule has 0 saturated heterocycles. The molecule has 1 heterocycles. The third-order valence-corrected chi connectivity index (χ3v) is 2.85. The highest BCUT2D eigenvalue weighted by atomic mass is 16.5. The van der Waals surface area contributed by atoms with Crippen LogP contribution in [0.25, 0.3) is 0 Å². The van der Waals surface area contributed by atoms with Crippen molar-refractivity contribution in [1.29, 1.82) is 0 Å². The number of ketones is 1. The monoisotopic (exact) mass is 263 g/mol. The van der Waals surface area contributed by atoms with E-state index in [0.29, 0.717) is 24.3 Å². The molecule has 0 radical (unpaired) electrons. The molecule has 1 N–H and O–H groups in total. The average Bonchev–Trinajstić information content (AvgIpc) is 2.61. The first-order valence-electron chi connectivity index (χ1n) is 6.74. The van der Waals surface area contributed by atoms with Crippen molar-refractivity contribution in [3.8, 4) is 0 Å².